The fraction of sp³-hybridized carbons (Fsp3) is 1.00. The monoisotopic (exact) mass is 251 g/mol. The number of halogens is 3. The molecule has 1 fully saturated rings. The van der Waals surface area contributed by atoms with Gasteiger partial charge in [0.15, 0.2) is 0 Å². The second-order valence-electron chi connectivity index (χ2n) is 5.89. The first kappa shape index (κ1) is 14.8. The van der Waals surface area contributed by atoms with Gasteiger partial charge in [-0.2, -0.15) is 13.2 Å². The van der Waals surface area contributed by atoms with Gasteiger partial charge in [0.2, 0.25) is 0 Å². The van der Waals surface area contributed by atoms with Crippen LogP contribution in [0.4, 0.5) is 13.2 Å². The molecule has 0 aromatic rings. The minimum Gasteiger partial charge on any atom is -0.286 e. The average Bonchev–Trinajstić information content (AvgIpc) is 2.92. The number of rotatable bonds is 5. The van der Waals surface area contributed by atoms with Crippen molar-refractivity contribution in [3.05, 3.63) is 0 Å². The first-order chi connectivity index (χ1) is 7.66. The first-order valence-corrected chi connectivity index (χ1v) is 6.50. The lowest BCUT2D eigenvalue weighted by molar-refractivity contribution is -0.204. The molecule has 1 rings (SSSR count). The third-order valence-electron chi connectivity index (χ3n) is 3.69. The summed E-state index contributed by atoms with van der Waals surface area (Å²) in [6.45, 7) is 9.24. The van der Waals surface area contributed by atoms with E-state index in [0.29, 0.717) is 0 Å². The molecule has 0 spiro atoms. The summed E-state index contributed by atoms with van der Waals surface area (Å²) in [4.78, 5) is 1.72. The molecule has 0 aromatic carbocycles. The predicted octanol–water partition coefficient (Wildman–Crippen LogP) is 4.08. The van der Waals surface area contributed by atoms with Gasteiger partial charge in [0, 0.05) is 12.1 Å². The summed E-state index contributed by atoms with van der Waals surface area (Å²) in [6.07, 6.45) is -2.30. The lowest BCUT2D eigenvalue weighted by Gasteiger charge is -2.41. The summed E-state index contributed by atoms with van der Waals surface area (Å²) in [5.74, 6) is -0.143. The molecule has 1 aliphatic rings. The summed E-state index contributed by atoms with van der Waals surface area (Å²) >= 11 is 0. The highest BCUT2D eigenvalue weighted by atomic mass is 19.4. The van der Waals surface area contributed by atoms with E-state index in [4.69, 9.17) is 0 Å². The molecule has 102 valence electrons. The van der Waals surface area contributed by atoms with Crippen LogP contribution in [-0.2, 0) is 0 Å². The smallest absolute Gasteiger partial charge is 0.286 e. The molecule has 1 aliphatic carbocycles. The molecule has 2 atom stereocenters. The highest BCUT2D eigenvalue weighted by molar-refractivity contribution is 4.95. The summed E-state index contributed by atoms with van der Waals surface area (Å²) < 4.78 is 39.6. The molecular formula is C13H24F3N. The molecule has 0 aromatic heterocycles. The van der Waals surface area contributed by atoms with Crippen molar-refractivity contribution in [1.29, 1.82) is 0 Å². The number of alkyl halides is 3. The molecule has 1 saturated carbocycles. The Morgan fingerprint density at radius 2 is 1.41 bits per heavy atom. The van der Waals surface area contributed by atoms with Gasteiger partial charge in [0.25, 0.3) is 0 Å². The maximum Gasteiger partial charge on any atom is 0.404 e. The number of hydrogen-bond donors (Lipinski definition) is 0. The van der Waals surface area contributed by atoms with Crippen LogP contribution in [0, 0.1) is 11.8 Å². The quantitative estimate of drug-likeness (QED) is 0.711. The standard InChI is InChI=1S/C13H24F3N/c1-8(2)10(5)17(11-6-7-11)12(9(3)4)13(14,15)16/h8-12H,6-7H2,1-5H3/t10-,12-/m1/s1. The SMILES string of the molecule is CC(C)[C@@H](C)N(C1CC1)[C@H](C(C)C)C(F)(F)F. The van der Waals surface area contributed by atoms with E-state index < -0.39 is 18.1 Å². The second kappa shape index (κ2) is 5.17. The minimum atomic E-state index is -4.13. The molecular weight excluding hydrogens is 227 g/mol. The van der Waals surface area contributed by atoms with Crippen molar-refractivity contribution in [2.75, 3.05) is 0 Å². The van der Waals surface area contributed by atoms with E-state index in [1.165, 1.54) is 0 Å². The van der Waals surface area contributed by atoms with Crippen molar-refractivity contribution in [3.63, 3.8) is 0 Å². The van der Waals surface area contributed by atoms with Gasteiger partial charge in [-0.15, -0.1) is 0 Å². The van der Waals surface area contributed by atoms with Crippen LogP contribution in [-0.4, -0.2) is 29.2 Å². The Morgan fingerprint density at radius 3 is 1.65 bits per heavy atom. The Morgan fingerprint density at radius 1 is 0.941 bits per heavy atom. The zero-order valence-electron chi connectivity index (χ0n) is 11.4. The molecule has 0 unspecified atom stereocenters. The number of nitrogens with zero attached hydrogens (tertiary/aromatic N) is 1. The summed E-state index contributed by atoms with van der Waals surface area (Å²) in [5, 5.41) is 0. The Balaban J connectivity index is 2.94. The second-order valence-corrected chi connectivity index (χ2v) is 5.89. The maximum atomic E-state index is 13.2. The van der Waals surface area contributed by atoms with Crippen LogP contribution in [0.2, 0.25) is 0 Å². The third kappa shape index (κ3) is 3.60. The fourth-order valence-corrected chi connectivity index (χ4v) is 2.42. The van der Waals surface area contributed by atoms with Crippen molar-refractivity contribution in [3.8, 4) is 0 Å². The van der Waals surface area contributed by atoms with Crippen molar-refractivity contribution in [2.24, 2.45) is 11.8 Å². The largest absolute Gasteiger partial charge is 0.404 e. The zero-order chi connectivity index (χ0) is 13.4. The minimum absolute atomic E-state index is 0.0171. The number of hydrogen-bond acceptors (Lipinski definition) is 1. The van der Waals surface area contributed by atoms with Crippen molar-refractivity contribution in [1.82, 2.24) is 4.90 Å². The van der Waals surface area contributed by atoms with E-state index in [1.807, 2.05) is 20.8 Å². The van der Waals surface area contributed by atoms with E-state index in [9.17, 15) is 13.2 Å². The van der Waals surface area contributed by atoms with Gasteiger partial charge >= 0.3 is 6.18 Å². The molecule has 0 bridgehead atoms. The first-order valence-electron chi connectivity index (χ1n) is 6.50. The summed E-state index contributed by atoms with van der Waals surface area (Å²) in [7, 11) is 0. The van der Waals surface area contributed by atoms with Crippen LogP contribution < -0.4 is 0 Å². The van der Waals surface area contributed by atoms with Gasteiger partial charge in [-0.3, -0.25) is 4.90 Å². The topological polar surface area (TPSA) is 3.24 Å². The molecule has 17 heavy (non-hydrogen) atoms. The van der Waals surface area contributed by atoms with E-state index in [2.05, 4.69) is 0 Å². The van der Waals surface area contributed by atoms with Crippen LogP contribution in [0.25, 0.3) is 0 Å². The highest BCUT2D eigenvalue weighted by Gasteiger charge is 2.51. The molecule has 1 nitrogen and oxygen atoms in total. The van der Waals surface area contributed by atoms with Crippen LogP contribution in [0.3, 0.4) is 0 Å². The van der Waals surface area contributed by atoms with Crippen molar-refractivity contribution >= 4 is 0 Å². The van der Waals surface area contributed by atoms with Gasteiger partial charge in [-0.05, 0) is 31.6 Å². The molecule has 4 heteroatoms. The molecule has 0 amide bonds. The molecule has 0 N–H and O–H groups in total. The molecule has 0 heterocycles. The van der Waals surface area contributed by atoms with Crippen molar-refractivity contribution in [2.45, 2.75) is 71.8 Å². The summed E-state index contributed by atoms with van der Waals surface area (Å²) in [6, 6.07) is -1.18. The van der Waals surface area contributed by atoms with Gasteiger partial charge < -0.3 is 0 Å². The fourth-order valence-electron chi connectivity index (χ4n) is 2.42. The van der Waals surface area contributed by atoms with E-state index >= 15 is 0 Å². The Bertz CT molecular complexity index is 244. The normalized spacial score (nSPS) is 21.4. The van der Waals surface area contributed by atoms with Gasteiger partial charge in [-0.25, -0.2) is 0 Å². The van der Waals surface area contributed by atoms with Crippen LogP contribution in [0.15, 0.2) is 0 Å². The molecule has 0 saturated heterocycles. The van der Waals surface area contributed by atoms with Gasteiger partial charge in [-0.1, -0.05) is 27.7 Å². The highest BCUT2D eigenvalue weighted by Crippen LogP contribution is 2.40. The summed E-state index contributed by atoms with van der Waals surface area (Å²) in [5.41, 5.74) is 0. The average molecular weight is 251 g/mol. The maximum absolute atomic E-state index is 13.2. The lowest BCUT2D eigenvalue weighted by Crippen LogP contribution is -2.55. The van der Waals surface area contributed by atoms with E-state index in [1.54, 1.807) is 18.7 Å². The van der Waals surface area contributed by atoms with Gasteiger partial charge in [0.1, 0.15) is 6.04 Å². The third-order valence-corrected chi connectivity index (χ3v) is 3.69. The van der Waals surface area contributed by atoms with Crippen LogP contribution in [0.1, 0.15) is 47.5 Å². The zero-order valence-corrected chi connectivity index (χ0v) is 11.4. The van der Waals surface area contributed by atoms with Crippen LogP contribution >= 0.6 is 0 Å². The Kier molecular flexibility index (Phi) is 4.50. The van der Waals surface area contributed by atoms with E-state index in [-0.39, 0.29) is 18.0 Å². The Labute approximate surface area is 102 Å². The lowest BCUT2D eigenvalue weighted by atomic mass is 9.96. The van der Waals surface area contributed by atoms with E-state index in [0.717, 1.165) is 12.8 Å². The molecule has 0 aliphatic heterocycles. The predicted molar refractivity (Wildman–Crippen MR) is 63.8 cm³/mol. The van der Waals surface area contributed by atoms with Crippen LogP contribution in [0.5, 0.6) is 0 Å². The molecule has 0 radical (unpaired) electrons. The van der Waals surface area contributed by atoms with Gasteiger partial charge in [0.05, 0.1) is 0 Å². The Hall–Kier alpha value is -0.250. The van der Waals surface area contributed by atoms with Crippen molar-refractivity contribution < 1.29 is 13.2 Å².